The van der Waals surface area contributed by atoms with E-state index in [0.717, 1.165) is 23.7 Å². The van der Waals surface area contributed by atoms with Crippen LogP contribution in [0.3, 0.4) is 0 Å². The van der Waals surface area contributed by atoms with Crippen LogP contribution in [0.2, 0.25) is 0 Å². The van der Waals surface area contributed by atoms with Crippen molar-refractivity contribution in [3.8, 4) is 0 Å². The minimum atomic E-state index is 0.453. The highest BCUT2D eigenvalue weighted by molar-refractivity contribution is 5.30. The first-order chi connectivity index (χ1) is 16.2. The molecule has 4 saturated carbocycles. The Kier molecular flexibility index (Phi) is 7.94. The molecule has 0 bridgehead atoms. The molecule has 0 N–H and O–H groups in total. The third-order valence-corrected chi connectivity index (χ3v) is 13.4. The molecule has 5 aliphatic carbocycles. The van der Waals surface area contributed by atoms with E-state index in [1.54, 1.807) is 0 Å². The summed E-state index contributed by atoms with van der Waals surface area (Å²) in [6.45, 7) is 31.6. The van der Waals surface area contributed by atoms with E-state index >= 15 is 0 Å². The summed E-state index contributed by atoms with van der Waals surface area (Å²) in [5.74, 6) is 3.59. The minimum Gasteiger partial charge on any atom is -0.0842 e. The van der Waals surface area contributed by atoms with Gasteiger partial charge in [0.05, 0.1) is 0 Å². The number of allylic oxidation sites excluding steroid dienone is 2. The van der Waals surface area contributed by atoms with Crippen LogP contribution in [0.5, 0.6) is 0 Å². The van der Waals surface area contributed by atoms with Crippen LogP contribution in [0, 0.1) is 56.2 Å². The summed E-state index contributed by atoms with van der Waals surface area (Å²) >= 11 is 0. The molecule has 0 aromatic carbocycles. The molecule has 0 amide bonds. The molecule has 0 aliphatic heterocycles. The average Bonchev–Trinajstić information content (AvgIpc) is 2.81. The van der Waals surface area contributed by atoms with E-state index in [1.807, 2.05) is 33.3 Å². The SMILES string of the molecule is CC.CC.CC1(C)CCC2(C)CCC3(C)C(=CCC4C3CCC3C4(C)CCC(C)(C)C3(C)C)C2C1. The quantitative estimate of drug-likeness (QED) is 0.300. The van der Waals surface area contributed by atoms with Crippen LogP contribution < -0.4 is 0 Å². The van der Waals surface area contributed by atoms with Crippen LogP contribution in [-0.4, -0.2) is 0 Å². The Balaban J connectivity index is 0.000000815. The molecule has 0 saturated heterocycles. The molecule has 0 radical (unpaired) electrons. The predicted octanol–water partition coefficient (Wildman–Crippen LogP) is 11.5. The summed E-state index contributed by atoms with van der Waals surface area (Å²) in [4.78, 5) is 0. The van der Waals surface area contributed by atoms with E-state index in [-0.39, 0.29) is 0 Å². The zero-order valence-corrected chi connectivity index (χ0v) is 26.5. The Bertz CT molecular complexity index is 780. The lowest BCUT2D eigenvalue weighted by molar-refractivity contribution is -0.173. The Labute approximate surface area is 221 Å². The smallest absolute Gasteiger partial charge is 0.00820 e. The van der Waals surface area contributed by atoms with Gasteiger partial charge in [-0.05, 0) is 120 Å². The molecular weight excluding hydrogens is 420 g/mol. The molecule has 7 atom stereocenters. The summed E-state index contributed by atoms with van der Waals surface area (Å²) in [7, 11) is 0. The monoisotopic (exact) mass is 485 g/mol. The first kappa shape index (κ1) is 29.3. The van der Waals surface area contributed by atoms with Crippen molar-refractivity contribution in [1.82, 2.24) is 0 Å². The van der Waals surface area contributed by atoms with Gasteiger partial charge in [-0.2, -0.15) is 0 Å². The fraction of sp³-hybridized carbons (Fsp3) is 0.943. The topological polar surface area (TPSA) is 0 Å². The van der Waals surface area contributed by atoms with Crippen molar-refractivity contribution in [2.75, 3.05) is 0 Å². The van der Waals surface area contributed by atoms with Gasteiger partial charge in [-0.15, -0.1) is 0 Å². The summed E-state index contributed by atoms with van der Waals surface area (Å²) in [6.07, 6.45) is 17.3. The molecule has 0 aromatic rings. The first-order valence-corrected chi connectivity index (χ1v) is 15.9. The number of fused-ring (bicyclic) bond motifs is 7. The van der Waals surface area contributed by atoms with E-state index in [2.05, 4.69) is 68.4 Å². The third kappa shape index (κ3) is 4.32. The van der Waals surface area contributed by atoms with Crippen LogP contribution in [0.1, 0.15) is 154 Å². The summed E-state index contributed by atoms with van der Waals surface area (Å²) in [5, 5.41) is 0. The van der Waals surface area contributed by atoms with E-state index in [9.17, 15) is 0 Å². The van der Waals surface area contributed by atoms with Gasteiger partial charge < -0.3 is 0 Å². The molecule has 5 aliphatic rings. The highest BCUT2D eigenvalue weighted by Crippen LogP contribution is 2.73. The van der Waals surface area contributed by atoms with Gasteiger partial charge in [0.2, 0.25) is 0 Å². The van der Waals surface area contributed by atoms with Gasteiger partial charge in [0, 0.05) is 0 Å². The molecular formula is C35H64. The van der Waals surface area contributed by atoms with Crippen molar-refractivity contribution in [2.45, 2.75) is 154 Å². The van der Waals surface area contributed by atoms with Gasteiger partial charge in [-0.1, -0.05) is 102 Å². The molecule has 35 heavy (non-hydrogen) atoms. The molecule has 0 nitrogen and oxygen atoms in total. The summed E-state index contributed by atoms with van der Waals surface area (Å²) in [6, 6.07) is 0. The minimum absolute atomic E-state index is 0.453. The zero-order valence-electron chi connectivity index (χ0n) is 26.5. The largest absolute Gasteiger partial charge is 0.0842 e. The zero-order chi connectivity index (χ0) is 26.7. The lowest BCUT2D eigenvalue weighted by atomic mass is 9.36. The van der Waals surface area contributed by atoms with Crippen molar-refractivity contribution in [1.29, 1.82) is 0 Å². The van der Waals surface area contributed by atoms with E-state index in [1.165, 1.54) is 64.2 Å². The molecule has 0 spiro atoms. The normalized spacial score (nSPS) is 46.5. The van der Waals surface area contributed by atoms with Gasteiger partial charge in [-0.3, -0.25) is 0 Å². The lowest BCUT2D eigenvalue weighted by Gasteiger charge is -2.69. The van der Waals surface area contributed by atoms with Crippen LogP contribution in [0.4, 0.5) is 0 Å². The molecule has 0 aromatic heterocycles. The number of hydrogen-bond acceptors (Lipinski definition) is 0. The van der Waals surface area contributed by atoms with E-state index in [4.69, 9.17) is 0 Å². The highest BCUT2D eigenvalue weighted by Gasteiger charge is 2.64. The Morgan fingerprint density at radius 1 is 0.657 bits per heavy atom. The van der Waals surface area contributed by atoms with Crippen LogP contribution >= 0.6 is 0 Å². The summed E-state index contributed by atoms with van der Waals surface area (Å²) < 4.78 is 0. The molecule has 0 heterocycles. The number of rotatable bonds is 0. The Morgan fingerprint density at radius 3 is 1.89 bits per heavy atom. The molecule has 4 fully saturated rings. The second kappa shape index (κ2) is 9.49. The number of hydrogen-bond donors (Lipinski definition) is 0. The maximum Gasteiger partial charge on any atom is -0.00820 e. The Hall–Kier alpha value is -0.260. The second-order valence-electron chi connectivity index (χ2n) is 15.8. The molecule has 204 valence electrons. The van der Waals surface area contributed by atoms with Crippen molar-refractivity contribution < 1.29 is 0 Å². The molecule has 5 rings (SSSR count). The van der Waals surface area contributed by atoms with Gasteiger partial charge >= 0.3 is 0 Å². The van der Waals surface area contributed by atoms with Gasteiger partial charge in [-0.25, -0.2) is 0 Å². The second-order valence-corrected chi connectivity index (χ2v) is 15.8. The van der Waals surface area contributed by atoms with Crippen molar-refractivity contribution in [3.63, 3.8) is 0 Å². The predicted molar refractivity (Wildman–Crippen MR) is 157 cm³/mol. The third-order valence-electron chi connectivity index (χ3n) is 13.4. The van der Waals surface area contributed by atoms with Crippen molar-refractivity contribution in [2.24, 2.45) is 56.2 Å². The van der Waals surface area contributed by atoms with Crippen LogP contribution in [-0.2, 0) is 0 Å². The van der Waals surface area contributed by atoms with Crippen LogP contribution in [0.25, 0.3) is 0 Å². The molecule has 7 unspecified atom stereocenters. The fourth-order valence-corrected chi connectivity index (χ4v) is 10.3. The van der Waals surface area contributed by atoms with Gasteiger partial charge in [0.25, 0.3) is 0 Å². The van der Waals surface area contributed by atoms with Crippen LogP contribution in [0.15, 0.2) is 11.6 Å². The van der Waals surface area contributed by atoms with E-state index < -0.39 is 0 Å². The maximum absolute atomic E-state index is 2.85. The first-order valence-electron chi connectivity index (χ1n) is 15.9. The lowest BCUT2D eigenvalue weighted by Crippen LogP contribution is -2.61. The standard InChI is InChI=1S/C31H52.2C2H6/c1-26(2)14-16-29(7)17-19-30(8)21-12-13-25-28(5,6)27(3,4)15-18-31(25,9)22(21)10-11-23(30)24(29)20-26;2*1-2/h11,21-22,24-25H,10,12-20H2,1-9H3;2*1-2H3. The van der Waals surface area contributed by atoms with Gasteiger partial charge in [0.1, 0.15) is 0 Å². The van der Waals surface area contributed by atoms with Crippen molar-refractivity contribution >= 4 is 0 Å². The fourth-order valence-electron chi connectivity index (χ4n) is 10.3. The van der Waals surface area contributed by atoms with Crippen molar-refractivity contribution in [3.05, 3.63) is 11.6 Å². The Morgan fingerprint density at radius 2 is 1.26 bits per heavy atom. The average molecular weight is 485 g/mol. The highest BCUT2D eigenvalue weighted by atomic mass is 14.7. The summed E-state index contributed by atoms with van der Waals surface area (Å²) in [5.41, 5.74) is 4.99. The molecule has 0 heteroatoms. The van der Waals surface area contributed by atoms with Gasteiger partial charge in [0.15, 0.2) is 0 Å². The van der Waals surface area contributed by atoms with E-state index in [0.29, 0.717) is 32.5 Å². The maximum atomic E-state index is 2.85.